The monoisotopic (exact) mass is 668 g/mol. The number of benzene rings is 2. The summed E-state index contributed by atoms with van der Waals surface area (Å²) in [5, 5.41) is 15.6. The molecule has 0 saturated carbocycles. The smallest absolute Gasteiger partial charge is 0.255 e. The number of hydrogen-bond donors (Lipinski definition) is 3. The molecule has 6 rings (SSSR count). The molecule has 13 nitrogen and oxygen atoms in total. The number of amides is 5. The fourth-order valence-electron chi connectivity index (χ4n) is 6.89. The van der Waals surface area contributed by atoms with Gasteiger partial charge < -0.3 is 20.2 Å². The highest BCUT2D eigenvalue weighted by molar-refractivity contribution is 6.14. The number of anilines is 1. The highest BCUT2D eigenvalue weighted by atomic mass is 16.3. The lowest BCUT2D eigenvalue weighted by molar-refractivity contribution is -0.137. The van der Waals surface area contributed by atoms with Crippen LogP contribution in [0.5, 0.6) is 0 Å². The molecule has 0 spiro atoms. The van der Waals surface area contributed by atoms with E-state index in [4.69, 9.17) is 0 Å². The van der Waals surface area contributed by atoms with Crippen LogP contribution in [0, 0.1) is 0 Å². The van der Waals surface area contributed by atoms with Crippen LogP contribution in [0.2, 0.25) is 0 Å². The van der Waals surface area contributed by atoms with E-state index in [1.165, 1.54) is 11.1 Å². The molecule has 2 atom stereocenters. The predicted molar refractivity (Wildman–Crippen MR) is 180 cm³/mol. The first kappa shape index (κ1) is 33.7. The van der Waals surface area contributed by atoms with Crippen LogP contribution in [0.15, 0.2) is 64.9 Å². The summed E-state index contributed by atoms with van der Waals surface area (Å²) in [6.07, 6.45) is 2.67. The molecule has 4 aliphatic rings. The number of carbonyl (C=O) groups is 6. The third kappa shape index (κ3) is 7.78. The summed E-state index contributed by atoms with van der Waals surface area (Å²) in [4.78, 5) is 85.2. The van der Waals surface area contributed by atoms with Crippen molar-refractivity contribution in [1.29, 1.82) is 0 Å². The molecule has 49 heavy (non-hydrogen) atoms. The summed E-state index contributed by atoms with van der Waals surface area (Å²) >= 11 is 0. The number of piperidine rings is 1. The number of rotatable bonds is 10. The molecule has 1 aliphatic carbocycles. The summed E-state index contributed by atoms with van der Waals surface area (Å²) in [6, 6.07) is 14.0. The van der Waals surface area contributed by atoms with Crippen molar-refractivity contribution in [2.75, 3.05) is 44.6 Å². The number of nitrogens with zero attached hydrogens (tertiary/aromatic N) is 4. The van der Waals surface area contributed by atoms with Gasteiger partial charge in [0.15, 0.2) is 5.78 Å². The number of aliphatic imine (C=N–C) groups is 1. The third-order valence-electron chi connectivity index (χ3n) is 9.67. The first-order valence-electron chi connectivity index (χ1n) is 16.7. The Balaban J connectivity index is 0.916. The Morgan fingerprint density at radius 1 is 0.959 bits per heavy atom. The van der Waals surface area contributed by atoms with E-state index in [0.717, 1.165) is 5.56 Å². The van der Waals surface area contributed by atoms with E-state index >= 15 is 0 Å². The van der Waals surface area contributed by atoms with Gasteiger partial charge in [0, 0.05) is 94.4 Å². The van der Waals surface area contributed by atoms with Gasteiger partial charge in [-0.15, -0.1) is 0 Å². The van der Waals surface area contributed by atoms with Crippen molar-refractivity contribution in [3.8, 4) is 0 Å². The fraction of sp³-hybridized carbons (Fsp3) is 0.417. The molecule has 3 heterocycles. The number of aliphatic hydroxyl groups is 1. The number of aliphatic hydroxyl groups excluding tert-OH is 1. The van der Waals surface area contributed by atoms with Crippen LogP contribution in [0.25, 0.3) is 0 Å². The topological polar surface area (TPSA) is 169 Å². The molecule has 5 amide bonds. The molecule has 2 aromatic rings. The van der Waals surface area contributed by atoms with Crippen molar-refractivity contribution in [3.05, 3.63) is 76.6 Å². The Kier molecular flexibility index (Phi) is 10.3. The lowest BCUT2D eigenvalue weighted by Crippen LogP contribution is -2.52. The maximum absolute atomic E-state index is 13.1. The average Bonchev–Trinajstić information content (AvgIpc) is 3.43. The van der Waals surface area contributed by atoms with Crippen LogP contribution in [-0.2, 0) is 30.5 Å². The average molecular weight is 669 g/mol. The largest absolute Gasteiger partial charge is 0.511 e. The van der Waals surface area contributed by atoms with Gasteiger partial charge in [-0.05, 0) is 30.0 Å². The summed E-state index contributed by atoms with van der Waals surface area (Å²) in [7, 11) is 0. The van der Waals surface area contributed by atoms with E-state index in [1.807, 2.05) is 30.3 Å². The van der Waals surface area contributed by atoms with Gasteiger partial charge in [0.1, 0.15) is 11.8 Å². The van der Waals surface area contributed by atoms with Crippen molar-refractivity contribution in [1.82, 2.24) is 20.0 Å². The van der Waals surface area contributed by atoms with Gasteiger partial charge in [0.2, 0.25) is 23.6 Å². The number of piperazine rings is 1. The Morgan fingerprint density at radius 2 is 1.73 bits per heavy atom. The maximum atomic E-state index is 13.1. The fourth-order valence-corrected chi connectivity index (χ4v) is 6.89. The van der Waals surface area contributed by atoms with Gasteiger partial charge in [-0.1, -0.05) is 36.4 Å². The first-order chi connectivity index (χ1) is 23.7. The van der Waals surface area contributed by atoms with E-state index in [0.29, 0.717) is 68.9 Å². The number of fused-ring (bicyclic) bond motifs is 1. The molecule has 0 bridgehead atoms. The molecule has 13 heteroatoms. The van der Waals surface area contributed by atoms with E-state index in [1.54, 1.807) is 23.1 Å². The van der Waals surface area contributed by atoms with Crippen LogP contribution in [0.1, 0.15) is 65.9 Å². The second-order valence-electron chi connectivity index (χ2n) is 12.8. The molecule has 256 valence electrons. The maximum Gasteiger partial charge on any atom is 0.255 e. The standard InChI is InChI=1S/C36H40N6O7/c43-30-19-24(23-5-2-1-3-6-23)20-31(44)26(30)21-37-13-14-40-15-17-41(18-16-40)34(47)12-11-32(45)38-28-8-4-7-25-27(28)22-42(36(25)49)29-9-10-33(46)39-35(29)48/h1-8,21,24,29,43H,9-20,22H2,(H,38,45)(H,39,46,48). The zero-order chi connectivity index (χ0) is 34.5. The van der Waals surface area contributed by atoms with Gasteiger partial charge in [0.25, 0.3) is 5.91 Å². The lowest BCUT2D eigenvalue weighted by atomic mass is 9.83. The number of allylic oxidation sites excluding steroid dienone is 2. The minimum Gasteiger partial charge on any atom is -0.511 e. The highest BCUT2D eigenvalue weighted by Crippen LogP contribution is 2.34. The van der Waals surface area contributed by atoms with Crippen molar-refractivity contribution < 1.29 is 33.9 Å². The summed E-state index contributed by atoms with van der Waals surface area (Å²) in [6.45, 7) is 3.62. The number of Topliss-reactive ketones (excluding diaryl/α,β-unsaturated/α-hetero) is 1. The molecular formula is C36H40N6O7. The van der Waals surface area contributed by atoms with Gasteiger partial charge in [0.05, 0.1) is 12.1 Å². The number of hydrogen-bond acceptors (Lipinski definition) is 9. The Labute approximate surface area is 284 Å². The van der Waals surface area contributed by atoms with Crippen molar-refractivity contribution in [2.24, 2.45) is 4.99 Å². The third-order valence-corrected chi connectivity index (χ3v) is 9.67. The van der Waals surface area contributed by atoms with Gasteiger partial charge >= 0.3 is 0 Å². The Bertz CT molecular complexity index is 1710. The highest BCUT2D eigenvalue weighted by Gasteiger charge is 2.40. The van der Waals surface area contributed by atoms with Crippen LogP contribution < -0.4 is 10.6 Å². The van der Waals surface area contributed by atoms with Crippen LogP contribution in [-0.4, -0.2) is 107 Å². The molecule has 3 aliphatic heterocycles. The van der Waals surface area contributed by atoms with Crippen molar-refractivity contribution >= 4 is 47.2 Å². The SMILES string of the molecule is O=C1CCC(N2Cc3c(NC(=O)CCC(=O)N4CCN(CCN=CC5=C(O)CC(c6ccccc6)CC5=O)CC4)cccc3C2=O)C(=O)N1. The number of imide groups is 1. The van der Waals surface area contributed by atoms with Gasteiger partial charge in [-0.3, -0.25) is 44.0 Å². The molecule has 2 fully saturated rings. The molecule has 2 saturated heterocycles. The van der Waals surface area contributed by atoms with E-state index in [9.17, 15) is 33.9 Å². The van der Waals surface area contributed by atoms with Crippen molar-refractivity contribution in [3.63, 3.8) is 0 Å². The summed E-state index contributed by atoms with van der Waals surface area (Å²) < 4.78 is 0. The van der Waals surface area contributed by atoms with Crippen LogP contribution >= 0.6 is 0 Å². The zero-order valence-corrected chi connectivity index (χ0v) is 27.2. The van der Waals surface area contributed by atoms with E-state index in [-0.39, 0.29) is 78.9 Å². The van der Waals surface area contributed by atoms with Gasteiger partial charge in [-0.2, -0.15) is 0 Å². The van der Waals surface area contributed by atoms with Crippen molar-refractivity contribution in [2.45, 2.75) is 57.0 Å². The number of ketones is 1. The molecule has 3 N–H and O–H groups in total. The van der Waals surface area contributed by atoms with E-state index < -0.39 is 11.9 Å². The Hall–Kier alpha value is -5.17. The summed E-state index contributed by atoms with van der Waals surface area (Å²) in [5.74, 6) is -1.71. The molecule has 0 radical (unpaired) electrons. The molecule has 2 unspecified atom stereocenters. The minimum atomic E-state index is -0.750. The molecule has 0 aromatic heterocycles. The number of nitrogens with one attached hydrogen (secondary N) is 2. The number of carbonyl (C=O) groups excluding carboxylic acids is 6. The van der Waals surface area contributed by atoms with Crippen LogP contribution in [0.3, 0.4) is 0 Å². The minimum absolute atomic E-state index is 0.0181. The normalized spacial score (nSPS) is 21.7. The van der Waals surface area contributed by atoms with E-state index in [2.05, 4.69) is 20.5 Å². The molecular weight excluding hydrogens is 628 g/mol. The second kappa shape index (κ2) is 14.9. The second-order valence-corrected chi connectivity index (χ2v) is 12.8. The first-order valence-corrected chi connectivity index (χ1v) is 16.7. The summed E-state index contributed by atoms with van der Waals surface area (Å²) in [5.41, 5.74) is 2.79. The molecule has 2 aromatic carbocycles. The lowest BCUT2D eigenvalue weighted by Gasteiger charge is -2.34. The predicted octanol–water partition coefficient (Wildman–Crippen LogP) is 2.34. The quantitative estimate of drug-likeness (QED) is 0.256. The van der Waals surface area contributed by atoms with Gasteiger partial charge in [-0.25, -0.2) is 0 Å². The van der Waals surface area contributed by atoms with Crippen LogP contribution in [0.4, 0.5) is 5.69 Å². The zero-order valence-electron chi connectivity index (χ0n) is 27.2. The Morgan fingerprint density at radius 3 is 2.47 bits per heavy atom.